The monoisotopic (exact) mass is 473 g/mol. The maximum Gasteiger partial charge on any atom is 0.387 e. The Bertz CT molecular complexity index is 987. The van der Waals surface area contributed by atoms with Crippen LogP contribution in [0.25, 0.3) is 0 Å². The van der Waals surface area contributed by atoms with Gasteiger partial charge in [0, 0.05) is 19.5 Å². The number of nitrogens with zero attached hydrogens (tertiary/aromatic N) is 3. The lowest BCUT2D eigenvalue weighted by Crippen LogP contribution is -2.55. The SMILES string of the molecule is O=C1CC2(CCN(CC3CC3)CC2)N(Cc2ccc(F)cc2)N1Cc1ccc(OC(F)F)cc1. The number of ether oxygens (including phenoxy) is 1. The minimum Gasteiger partial charge on any atom is -0.435 e. The average Bonchev–Trinajstić information content (AvgIpc) is 3.59. The predicted molar refractivity (Wildman–Crippen MR) is 121 cm³/mol. The summed E-state index contributed by atoms with van der Waals surface area (Å²) in [5.41, 5.74) is 1.52. The van der Waals surface area contributed by atoms with Crippen molar-refractivity contribution in [3.05, 3.63) is 65.5 Å². The molecule has 0 radical (unpaired) electrons. The third-order valence-corrected chi connectivity index (χ3v) is 7.33. The summed E-state index contributed by atoms with van der Waals surface area (Å²) in [6.45, 7) is 1.08. The second-order valence-corrected chi connectivity index (χ2v) is 9.80. The van der Waals surface area contributed by atoms with Gasteiger partial charge in [-0.2, -0.15) is 8.78 Å². The maximum absolute atomic E-state index is 13.5. The normalized spacial score (nSPS) is 21.1. The summed E-state index contributed by atoms with van der Waals surface area (Å²) >= 11 is 0. The summed E-state index contributed by atoms with van der Waals surface area (Å²) in [6.07, 6.45) is 4.92. The van der Waals surface area contributed by atoms with Crippen molar-refractivity contribution in [1.29, 1.82) is 0 Å². The van der Waals surface area contributed by atoms with Crippen LogP contribution in [0.1, 0.15) is 43.2 Å². The lowest BCUT2D eigenvalue weighted by atomic mass is 9.84. The number of halogens is 3. The minimum atomic E-state index is -2.87. The fourth-order valence-electron chi connectivity index (χ4n) is 5.25. The van der Waals surface area contributed by atoms with Crippen molar-refractivity contribution in [3.8, 4) is 5.75 Å². The van der Waals surface area contributed by atoms with E-state index in [1.54, 1.807) is 29.3 Å². The Hall–Kier alpha value is -2.58. The second kappa shape index (κ2) is 9.58. The van der Waals surface area contributed by atoms with E-state index in [9.17, 15) is 18.0 Å². The average molecular weight is 474 g/mol. The minimum absolute atomic E-state index is 0.0608. The van der Waals surface area contributed by atoms with E-state index in [2.05, 4.69) is 14.6 Å². The Morgan fingerprint density at radius 1 is 0.941 bits per heavy atom. The smallest absolute Gasteiger partial charge is 0.387 e. The van der Waals surface area contributed by atoms with Gasteiger partial charge in [-0.1, -0.05) is 24.3 Å². The molecule has 5 nitrogen and oxygen atoms in total. The largest absolute Gasteiger partial charge is 0.435 e. The van der Waals surface area contributed by atoms with E-state index in [-0.39, 0.29) is 23.0 Å². The third kappa shape index (κ3) is 5.23. The highest BCUT2D eigenvalue weighted by molar-refractivity contribution is 5.79. The van der Waals surface area contributed by atoms with Crippen LogP contribution in [0, 0.1) is 11.7 Å². The quantitative estimate of drug-likeness (QED) is 0.551. The molecular weight excluding hydrogens is 443 g/mol. The van der Waals surface area contributed by atoms with Crippen LogP contribution in [-0.2, 0) is 17.9 Å². The Kier molecular flexibility index (Phi) is 6.53. The van der Waals surface area contributed by atoms with Crippen LogP contribution >= 0.6 is 0 Å². The molecule has 3 aliphatic rings. The molecule has 5 rings (SSSR count). The van der Waals surface area contributed by atoms with Gasteiger partial charge in [0.05, 0.1) is 12.1 Å². The van der Waals surface area contributed by atoms with Gasteiger partial charge < -0.3 is 9.64 Å². The molecule has 0 unspecified atom stereocenters. The molecule has 2 aromatic rings. The predicted octanol–water partition coefficient (Wildman–Crippen LogP) is 4.82. The van der Waals surface area contributed by atoms with E-state index in [0.717, 1.165) is 49.5 Å². The molecule has 2 aliphatic heterocycles. The zero-order valence-corrected chi connectivity index (χ0v) is 19.1. The number of likely N-dealkylation sites (tertiary alicyclic amines) is 1. The van der Waals surface area contributed by atoms with Crippen molar-refractivity contribution in [2.45, 2.75) is 57.3 Å². The Morgan fingerprint density at radius 3 is 2.18 bits per heavy atom. The number of benzene rings is 2. The van der Waals surface area contributed by atoms with Gasteiger partial charge in [-0.15, -0.1) is 0 Å². The number of carbonyl (C=O) groups is 1. The van der Waals surface area contributed by atoms with Gasteiger partial charge in [0.1, 0.15) is 11.6 Å². The number of hydrogen-bond donors (Lipinski definition) is 0. The molecule has 1 aliphatic carbocycles. The number of amides is 1. The zero-order valence-electron chi connectivity index (χ0n) is 19.1. The van der Waals surface area contributed by atoms with Gasteiger partial charge in [0.15, 0.2) is 0 Å². The molecule has 0 aromatic heterocycles. The van der Waals surface area contributed by atoms with E-state index in [1.165, 1.54) is 37.1 Å². The summed E-state index contributed by atoms with van der Waals surface area (Å²) < 4.78 is 42.9. The second-order valence-electron chi connectivity index (χ2n) is 9.80. The summed E-state index contributed by atoms with van der Waals surface area (Å²) in [6, 6.07) is 12.9. The van der Waals surface area contributed by atoms with E-state index < -0.39 is 6.61 Å². The summed E-state index contributed by atoms with van der Waals surface area (Å²) in [4.78, 5) is 15.8. The van der Waals surface area contributed by atoms with E-state index in [4.69, 9.17) is 0 Å². The van der Waals surface area contributed by atoms with Crippen LogP contribution in [0.2, 0.25) is 0 Å². The fraction of sp³-hybridized carbons (Fsp3) is 0.500. The van der Waals surface area contributed by atoms with Gasteiger partial charge in [-0.05, 0) is 80.1 Å². The van der Waals surface area contributed by atoms with Gasteiger partial charge in [-0.3, -0.25) is 9.80 Å². The van der Waals surface area contributed by atoms with Crippen molar-refractivity contribution in [1.82, 2.24) is 14.9 Å². The van der Waals surface area contributed by atoms with Gasteiger partial charge >= 0.3 is 6.61 Å². The summed E-state index contributed by atoms with van der Waals surface area (Å²) in [5, 5.41) is 3.98. The van der Waals surface area contributed by atoms with Gasteiger partial charge in [0.25, 0.3) is 0 Å². The first-order valence-electron chi connectivity index (χ1n) is 12.0. The molecule has 0 bridgehead atoms. The number of hydrogen-bond acceptors (Lipinski definition) is 4. The molecular formula is C26H30F3N3O2. The number of hydrazine groups is 1. The topological polar surface area (TPSA) is 36.0 Å². The Balaban J connectivity index is 1.35. The first-order chi connectivity index (χ1) is 16.4. The first-order valence-corrected chi connectivity index (χ1v) is 12.0. The first kappa shape index (κ1) is 23.2. The van der Waals surface area contributed by atoms with Crippen molar-refractivity contribution in [3.63, 3.8) is 0 Å². The molecule has 34 heavy (non-hydrogen) atoms. The fourth-order valence-corrected chi connectivity index (χ4v) is 5.25. The highest BCUT2D eigenvalue weighted by atomic mass is 19.3. The van der Waals surface area contributed by atoms with Crippen LogP contribution in [-0.4, -0.2) is 52.6 Å². The van der Waals surface area contributed by atoms with Crippen LogP contribution in [0.4, 0.5) is 13.2 Å². The lowest BCUT2D eigenvalue weighted by molar-refractivity contribution is -0.146. The molecule has 1 spiro atoms. The molecule has 0 atom stereocenters. The number of alkyl halides is 2. The molecule has 182 valence electrons. The number of rotatable bonds is 8. The number of carbonyl (C=O) groups excluding carboxylic acids is 1. The summed E-state index contributed by atoms with van der Waals surface area (Å²) in [7, 11) is 0. The van der Waals surface area contributed by atoms with Crippen LogP contribution in [0.5, 0.6) is 5.75 Å². The van der Waals surface area contributed by atoms with Crippen molar-refractivity contribution in [2.24, 2.45) is 5.92 Å². The van der Waals surface area contributed by atoms with E-state index in [0.29, 0.717) is 19.5 Å². The third-order valence-electron chi connectivity index (χ3n) is 7.33. The molecule has 2 aromatic carbocycles. The van der Waals surface area contributed by atoms with Crippen molar-refractivity contribution < 1.29 is 22.7 Å². The standard InChI is InChI=1S/C26H30F3N3O2/c27-22-7-3-21(4-8-22)18-32-26(11-13-30(14-12-26)16-19-1-2-19)15-24(33)31(32)17-20-5-9-23(10-6-20)34-25(28)29/h3-10,19,25H,1-2,11-18H2. The van der Waals surface area contributed by atoms with Gasteiger partial charge in [0.2, 0.25) is 5.91 Å². The molecule has 3 fully saturated rings. The lowest BCUT2D eigenvalue weighted by Gasteiger charge is -2.46. The molecule has 1 amide bonds. The van der Waals surface area contributed by atoms with E-state index in [1.807, 2.05) is 0 Å². The molecule has 2 heterocycles. The summed E-state index contributed by atoms with van der Waals surface area (Å²) in [5.74, 6) is 0.704. The van der Waals surface area contributed by atoms with Crippen LogP contribution < -0.4 is 4.74 Å². The molecule has 2 saturated heterocycles. The van der Waals surface area contributed by atoms with Crippen molar-refractivity contribution >= 4 is 5.91 Å². The molecule has 0 N–H and O–H groups in total. The Morgan fingerprint density at radius 2 is 1.56 bits per heavy atom. The maximum atomic E-state index is 13.5. The van der Waals surface area contributed by atoms with Crippen molar-refractivity contribution in [2.75, 3.05) is 19.6 Å². The molecule has 8 heteroatoms. The Labute approximate surface area is 198 Å². The zero-order chi connectivity index (χ0) is 23.7. The van der Waals surface area contributed by atoms with E-state index >= 15 is 0 Å². The molecule has 1 saturated carbocycles. The van der Waals surface area contributed by atoms with Crippen LogP contribution in [0.3, 0.4) is 0 Å². The number of piperidine rings is 1. The van der Waals surface area contributed by atoms with Gasteiger partial charge in [-0.25, -0.2) is 9.40 Å². The highest BCUT2D eigenvalue weighted by Gasteiger charge is 2.51. The highest BCUT2D eigenvalue weighted by Crippen LogP contribution is 2.42. The van der Waals surface area contributed by atoms with Crippen LogP contribution in [0.15, 0.2) is 48.5 Å².